The number of halogens is 1. The fourth-order valence-electron chi connectivity index (χ4n) is 4.02. The van der Waals surface area contributed by atoms with Crippen LogP contribution in [0.15, 0.2) is 35.3 Å². The minimum absolute atomic E-state index is 0.116. The van der Waals surface area contributed by atoms with Crippen molar-refractivity contribution in [2.24, 2.45) is 4.99 Å². The van der Waals surface area contributed by atoms with E-state index in [9.17, 15) is 4.79 Å². The number of thiophene rings is 1. The predicted octanol–water partition coefficient (Wildman–Crippen LogP) is 3.60. The standard InChI is InChI=1S/C22H22ClN5O2S/c1-13-21-26-25-14(2)28(21)22-17(20(24-13)16-5-3-4-6-18(16)23)11-15(31-22)12-19(29)27-7-9-30-10-8-27/h3-6,11,13H,7-10,12H2,1-2H3. The average molecular weight is 456 g/mol. The van der Waals surface area contributed by atoms with Crippen molar-refractivity contribution in [1.29, 1.82) is 0 Å². The Balaban J connectivity index is 1.60. The molecule has 5 rings (SSSR count). The third kappa shape index (κ3) is 3.69. The summed E-state index contributed by atoms with van der Waals surface area (Å²) in [6.45, 7) is 6.42. The maximum atomic E-state index is 12.9. The zero-order valence-corrected chi connectivity index (χ0v) is 18.9. The molecule has 2 aliphatic rings. The van der Waals surface area contributed by atoms with Gasteiger partial charge in [0.15, 0.2) is 5.82 Å². The van der Waals surface area contributed by atoms with Crippen molar-refractivity contribution >= 4 is 34.6 Å². The SMILES string of the molecule is Cc1nnc2n1-c1sc(CC(=O)N3CCOCC3)cc1C(c1ccccc1Cl)=NC2C. The second-order valence-corrected chi connectivity index (χ2v) is 9.20. The minimum atomic E-state index is -0.175. The van der Waals surface area contributed by atoms with E-state index in [2.05, 4.69) is 20.8 Å². The number of aliphatic imine (C=N–C) groups is 1. The van der Waals surface area contributed by atoms with Crippen molar-refractivity contribution in [1.82, 2.24) is 19.7 Å². The number of nitrogens with zero attached hydrogens (tertiary/aromatic N) is 5. The number of rotatable bonds is 3. The Bertz CT molecular complexity index is 1180. The number of carbonyl (C=O) groups excluding carboxylic acids is 1. The third-order valence-electron chi connectivity index (χ3n) is 5.59. The van der Waals surface area contributed by atoms with Gasteiger partial charge >= 0.3 is 0 Å². The van der Waals surface area contributed by atoms with Crippen molar-refractivity contribution in [3.63, 3.8) is 0 Å². The maximum absolute atomic E-state index is 12.9. The summed E-state index contributed by atoms with van der Waals surface area (Å²) >= 11 is 8.14. The topological polar surface area (TPSA) is 72.6 Å². The largest absolute Gasteiger partial charge is 0.378 e. The van der Waals surface area contributed by atoms with Crippen molar-refractivity contribution in [2.75, 3.05) is 26.3 Å². The van der Waals surface area contributed by atoms with Gasteiger partial charge in [-0.05, 0) is 26.0 Å². The van der Waals surface area contributed by atoms with Gasteiger partial charge in [0.2, 0.25) is 5.91 Å². The monoisotopic (exact) mass is 455 g/mol. The van der Waals surface area contributed by atoms with Gasteiger partial charge in [-0.3, -0.25) is 14.4 Å². The fraction of sp³-hybridized carbons (Fsp3) is 0.364. The van der Waals surface area contributed by atoms with Crippen molar-refractivity contribution in [2.45, 2.75) is 26.3 Å². The molecular formula is C22H22ClN5O2S. The molecule has 1 aromatic carbocycles. The highest BCUT2D eigenvalue weighted by atomic mass is 35.5. The van der Waals surface area contributed by atoms with Crippen LogP contribution in [-0.4, -0.2) is 57.6 Å². The van der Waals surface area contributed by atoms with Gasteiger partial charge in [0.1, 0.15) is 16.9 Å². The van der Waals surface area contributed by atoms with E-state index in [4.69, 9.17) is 21.3 Å². The number of amides is 1. The van der Waals surface area contributed by atoms with Crippen LogP contribution in [0.4, 0.5) is 0 Å². The first kappa shape index (κ1) is 20.4. The second-order valence-electron chi connectivity index (χ2n) is 7.68. The van der Waals surface area contributed by atoms with E-state index in [0.717, 1.165) is 38.4 Å². The van der Waals surface area contributed by atoms with Crippen LogP contribution in [0.25, 0.3) is 5.00 Å². The Kier molecular flexibility index (Phi) is 5.37. The molecule has 4 heterocycles. The van der Waals surface area contributed by atoms with Crippen LogP contribution < -0.4 is 0 Å². The normalized spacial score (nSPS) is 18.2. The molecule has 2 aliphatic heterocycles. The summed E-state index contributed by atoms with van der Waals surface area (Å²) in [6, 6.07) is 9.61. The highest BCUT2D eigenvalue weighted by molar-refractivity contribution is 7.15. The first-order valence-electron chi connectivity index (χ1n) is 10.3. The predicted molar refractivity (Wildman–Crippen MR) is 121 cm³/mol. The molecule has 0 bridgehead atoms. The van der Waals surface area contributed by atoms with E-state index in [-0.39, 0.29) is 11.9 Å². The quantitative estimate of drug-likeness (QED) is 0.604. The number of hydrogen-bond donors (Lipinski definition) is 0. The molecule has 9 heteroatoms. The van der Waals surface area contributed by atoms with Crippen LogP contribution in [0, 0.1) is 6.92 Å². The number of benzene rings is 1. The Morgan fingerprint density at radius 1 is 1.23 bits per heavy atom. The van der Waals surface area contributed by atoms with Crippen LogP contribution in [0.1, 0.15) is 40.6 Å². The molecule has 1 amide bonds. The first-order valence-corrected chi connectivity index (χ1v) is 11.5. The van der Waals surface area contributed by atoms with E-state index in [0.29, 0.717) is 37.7 Å². The summed E-state index contributed by atoms with van der Waals surface area (Å²) in [4.78, 5) is 20.7. The van der Waals surface area contributed by atoms with Crippen molar-refractivity contribution in [3.8, 4) is 5.00 Å². The van der Waals surface area contributed by atoms with E-state index in [1.165, 1.54) is 0 Å². The van der Waals surface area contributed by atoms with Gasteiger partial charge in [-0.15, -0.1) is 21.5 Å². The lowest BCUT2D eigenvalue weighted by Gasteiger charge is -2.26. The number of carbonyl (C=O) groups is 1. The molecule has 0 N–H and O–H groups in total. The van der Waals surface area contributed by atoms with E-state index < -0.39 is 0 Å². The number of aromatic nitrogens is 3. The summed E-state index contributed by atoms with van der Waals surface area (Å²) in [6.07, 6.45) is 0.347. The van der Waals surface area contributed by atoms with Gasteiger partial charge in [0, 0.05) is 34.1 Å². The molecule has 1 unspecified atom stereocenters. The molecule has 1 saturated heterocycles. The zero-order valence-electron chi connectivity index (χ0n) is 17.3. The van der Waals surface area contributed by atoms with Gasteiger partial charge in [-0.1, -0.05) is 29.8 Å². The number of fused-ring (bicyclic) bond motifs is 3. The van der Waals surface area contributed by atoms with Crippen LogP contribution in [0.5, 0.6) is 0 Å². The van der Waals surface area contributed by atoms with Gasteiger partial charge in [0.05, 0.1) is 25.3 Å². The van der Waals surface area contributed by atoms with Crippen LogP contribution in [0.3, 0.4) is 0 Å². The highest BCUT2D eigenvalue weighted by Crippen LogP contribution is 2.37. The van der Waals surface area contributed by atoms with Gasteiger partial charge in [-0.2, -0.15) is 0 Å². The average Bonchev–Trinajstić information content (AvgIpc) is 3.33. The minimum Gasteiger partial charge on any atom is -0.378 e. The second kappa shape index (κ2) is 8.18. The third-order valence-corrected chi connectivity index (χ3v) is 7.04. The highest BCUT2D eigenvalue weighted by Gasteiger charge is 2.29. The summed E-state index contributed by atoms with van der Waals surface area (Å²) in [5, 5.41) is 10.3. The lowest BCUT2D eigenvalue weighted by Crippen LogP contribution is -2.41. The molecule has 0 radical (unpaired) electrons. The van der Waals surface area contributed by atoms with Crippen molar-refractivity contribution < 1.29 is 9.53 Å². The number of hydrogen-bond acceptors (Lipinski definition) is 6. The fourth-order valence-corrected chi connectivity index (χ4v) is 5.45. The lowest BCUT2D eigenvalue weighted by molar-refractivity contribution is -0.134. The van der Waals surface area contributed by atoms with Gasteiger partial charge in [-0.25, -0.2) is 0 Å². The molecule has 1 fully saturated rings. The van der Waals surface area contributed by atoms with Gasteiger partial charge in [0.25, 0.3) is 0 Å². The Morgan fingerprint density at radius 2 is 2.00 bits per heavy atom. The molecule has 2 aromatic heterocycles. The molecule has 3 aromatic rings. The van der Waals surface area contributed by atoms with Gasteiger partial charge < -0.3 is 9.64 Å². The maximum Gasteiger partial charge on any atom is 0.227 e. The van der Waals surface area contributed by atoms with Crippen LogP contribution in [-0.2, 0) is 16.0 Å². The number of morpholine rings is 1. The number of aryl methyl sites for hydroxylation is 1. The molecular weight excluding hydrogens is 434 g/mol. The molecule has 1 atom stereocenters. The Labute approximate surface area is 189 Å². The molecule has 0 spiro atoms. The molecule has 0 aliphatic carbocycles. The van der Waals surface area contributed by atoms with Crippen molar-refractivity contribution in [3.05, 3.63) is 63.0 Å². The summed E-state index contributed by atoms with van der Waals surface area (Å²) < 4.78 is 7.43. The number of ether oxygens (including phenoxy) is 1. The molecule has 7 nitrogen and oxygen atoms in total. The summed E-state index contributed by atoms with van der Waals surface area (Å²) in [5.41, 5.74) is 2.65. The van der Waals surface area contributed by atoms with Crippen LogP contribution in [0.2, 0.25) is 5.02 Å². The lowest BCUT2D eigenvalue weighted by atomic mass is 10.0. The Morgan fingerprint density at radius 3 is 2.77 bits per heavy atom. The molecule has 0 saturated carbocycles. The van der Waals surface area contributed by atoms with E-state index in [1.807, 2.05) is 43.0 Å². The van der Waals surface area contributed by atoms with Crippen LogP contribution >= 0.6 is 22.9 Å². The molecule has 31 heavy (non-hydrogen) atoms. The smallest absolute Gasteiger partial charge is 0.227 e. The zero-order chi connectivity index (χ0) is 21.5. The first-order chi connectivity index (χ1) is 15.0. The van der Waals surface area contributed by atoms with E-state index in [1.54, 1.807) is 11.3 Å². The van der Waals surface area contributed by atoms with E-state index >= 15 is 0 Å². The summed E-state index contributed by atoms with van der Waals surface area (Å²) in [5.74, 6) is 1.70. The molecule has 160 valence electrons. The Hall–Kier alpha value is -2.55. The summed E-state index contributed by atoms with van der Waals surface area (Å²) in [7, 11) is 0.